The number of nitrogens with zero attached hydrogens (tertiary/aromatic N) is 2. The molecule has 0 bridgehead atoms. The molecular weight excluding hydrogens is 510 g/mol. The van der Waals surface area contributed by atoms with Crippen LogP contribution in [0.1, 0.15) is 56.5 Å². The van der Waals surface area contributed by atoms with Gasteiger partial charge >= 0.3 is 14.0 Å². The van der Waals surface area contributed by atoms with Crippen molar-refractivity contribution in [1.29, 1.82) is 0 Å². The highest BCUT2D eigenvalue weighted by molar-refractivity contribution is 7.46. The van der Waals surface area contributed by atoms with Gasteiger partial charge in [-0.3, -0.25) is 4.52 Å². The number of unbranched alkanes of at least 4 members (excludes halogenated alkanes) is 3. The van der Waals surface area contributed by atoms with Crippen LogP contribution in [0.5, 0.6) is 5.75 Å². The molecule has 35 heavy (non-hydrogen) atoms. The standard InChI is InChI=1S/C21H31F3N3O6PS/c1-3-10-31-11-6-4-5-7-12-32-17-9-8-15(13-16(17)21(22,23)24)18-26-27-19(35-18)20(2,25)14-33-34(28,29)30/h8-9,13H,3-7,10-12,14,25H2,1-2H3,(H2,28,29,30)/t20-/m0/s1. The van der Waals surface area contributed by atoms with Crippen molar-refractivity contribution in [2.45, 2.75) is 57.7 Å². The van der Waals surface area contributed by atoms with Gasteiger partial charge in [0.15, 0.2) is 0 Å². The average Bonchev–Trinajstić information content (AvgIpc) is 3.27. The van der Waals surface area contributed by atoms with Gasteiger partial charge in [-0.1, -0.05) is 24.7 Å². The number of phosphoric acid groups is 1. The molecule has 1 aromatic heterocycles. The van der Waals surface area contributed by atoms with E-state index < -0.39 is 31.7 Å². The number of ether oxygens (including phenoxy) is 2. The molecule has 0 saturated carbocycles. The molecule has 2 aromatic rings. The van der Waals surface area contributed by atoms with Gasteiger partial charge in [0.2, 0.25) is 0 Å². The number of hydrogen-bond acceptors (Lipinski definition) is 8. The first-order chi connectivity index (χ1) is 16.3. The minimum atomic E-state index is -4.75. The molecule has 1 atom stereocenters. The van der Waals surface area contributed by atoms with E-state index in [1.165, 1.54) is 19.1 Å². The van der Waals surface area contributed by atoms with Crippen molar-refractivity contribution in [3.05, 3.63) is 28.8 Å². The van der Waals surface area contributed by atoms with Gasteiger partial charge < -0.3 is 25.0 Å². The minimum Gasteiger partial charge on any atom is -0.493 e. The quantitative estimate of drug-likeness (QED) is 0.213. The molecule has 0 amide bonds. The average molecular weight is 542 g/mol. The van der Waals surface area contributed by atoms with Gasteiger partial charge in [0.05, 0.1) is 24.3 Å². The molecule has 0 radical (unpaired) electrons. The maximum Gasteiger partial charge on any atom is 0.469 e. The summed E-state index contributed by atoms with van der Waals surface area (Å²) in [6.45, 7) is 4.47. The van der Waals surface area contributed by atoms with Crippen molar-refractivity contribution >= 4 is 19.2 Å². The fourth-order valence-corrected chi connectivity index (χ4v) is 4.27. The summed E-state index contributed by atoms with van der Waals surface area (Å²) in [5, 5.41) is 8.07. The molecule has 0 aliphatic heterocycles. The molecule has 0 aliphatic carbocycles. The number of nitrogens with two attached hydrogens (primary N) is 1. The van der Waals surface area contributed by atoms with E-state index in [4.69, 9.17) is 25.0 Å². The Hall–Kier alpha value is -1.60. The Morgan fingerprint density at radius 1 is 1.09 bits per heavy atom. The van der Waals surface area contributed by atoms with Crippen LogP contribution < -0.4 is 10.5 Å². The van der Waals surface area contributed by atoms with Gasteiger partial charge in [0.25, 0.3) is 0 Å². The van der Waals surface area contributed by atoms with Crippen LogP contribution >= 0.6 is 19.2 Å². The van der Waals surface area contributed by atoms with Gasteiger partial charge in [-0.25, -0.2) is 4.57 Å². The second-order valence-corrected chi connectivity index (χ2v) is 10.4. The molecule has 0 aliphatic rings. The lowest BCUT2D eigenvalue weighted by atomic mass is 10.1. The van der Waals surface area contributed by atoms with Crippen molar-refractivity contribution in [3.63, 3.8) is 0 Å². The number of alkyl halides is 3. The van der Waals surface area contributed by atoms with Crippen LogP contribution in [0.4, 0.5) is 13.2 Å². The van der Waals surface area contributed by atoms with E-state index in [2.05, 4.69) is 14.7 Å². The third kappa shape index (κ3) is 10.1. The van der Waals surface area contributed by atoms with Crippen LogP contribution in [0.15, 0.2) is 18.2 Å². The fraction of sp³-hybridized carbons (Fsp3) is 0.619. The first-order valence-corrected chi connectivity index (χ1v) is 13.4. The van der Waals surface area contributed by atoms with E-state index in [-0.39, 0.29) is 27.9 Å². The molecule has 2 rings (SSSR count). The highest BCUT2D eigenvalue weighted by Crippen LogP contribution is 2.41. The first kappa shape index (κ1) is 29.6. The molecule has 9 nitrogen and oxygen atoms in total. The predicted octanol–water partition coefficient (Wildman–Crippen LogP) is 4.87. The summed E-state index contributed by atoms with van der Waals surface area (Å²) in [5.74, 6) is -0.268. The zero-order valence-corrected chi connectivity index (χ0v) is 21.3. The summed E-state index contributed by atoms with van der Waals surface area (Å²) in [6.07, 6.45) is -0.412. The number of aromatic nitrogens is 2. The monoisotopic (exact) mass is 541 g/mol. The van der Waals surface area contributed by atoms with E-state index in [9.17, 15) is 17.7 Å². The highest BCUT2D eigenvalue weighted by Gasteiger charge is 2.35. The Balaban J connectivity index is 2.03. The minimum absolute atomic E-state index is 0.148. The lowest BCUT2D eigenvalue weighted by Gasteiger charge is -2.21. The first-order valence-electron chi connectivity index (χ1n) is 11.1. The lowest BCUT2D eigenvalue weighted by Crippen LogP contribution is -2.37. The summed E-state index contributed by atoms with van der Waals surface area (Å²) >= 11 is 0.904. The van der Waals surface area contributed by atoms with Crippen molar-refractivity contribution in [2.24, 2.45) is 5.73 Å². The zero-order chi connectivity index (χ0) is 26.1. The van der Waals surface area contributed by atoms with Crippen LogP contribution in [-0.2, 0) is 25.5 Å². The molecule has 0 spiro atoms. The number of phosphoric ester groups is 1. The topological polar surface area (TPSA) is 137 Å². The van der Waals surface area contributed by atoms with Crippen LogP contribution in [0.25, 0.3) is 10.6 Å². The Bertz CT molecular complexity index is 983. The molecule has 1 aromatic carbocycles. The van der Waals surface area contributed by atoms with Crippen LogP contribution in [0.3, 0.4) is 0 Å². The van der Waals surface area contributed by atoms with E-state index in [0.29, 0.717) is 13.0 Å². The van der Waals surface area contributed by atoms with Crippen LogP contribution in [0, 0.1) is 0 Å². The lowest BCUT2D eigenvalue weighted by molar-refractivity contribution is -0.138. The Morgan fingerprint density at radius 3 is 2.40 bits per heavy atom. The van der Waals surface area contributed by atoms with Gasteiger partial charge in [0, 0.05) is 18.8 Å². The highest BCUT2D eigenvalue weighted by atomic mass is 32.1. The molecule has 4 N–H and O–H groups in total. The Morgan fingerprint density at radius 2 is 1.77 bits per heavy atom. The van der Waals surface area contributed by atoms with Crippen molar-refractivity contribution in [3.8, 4) is 16.3 Å². The molecule has 198 valence electrons. The van der Waals surface area contributed by atoms with E-state index in [1.54, 1.807) is 0 Å². The van der Waals surface area contributed by atoms with Gasteiger partial charge in [0.1, 0.15) is 15.8 Å². The fourth-order valence-electron chi connectivity index (χ4n) is 2.95. The molecule has 14 heteroatoms. The Labute approximate surface area is 206 Å². The van der Waals surface area contributed by atoms with E-state index >= 15 is 0 Å². The molecule has 0 unspecified atom stereocenters. The summed E-state index contributed by atoms with van der Waals surface area (Å²) in [5.41, 5.74) is 3.83. The summed E-state index contributed by atoms with van der Waals surface area (Å²) in [7, 11) is -4.75. The predicted molar refractivity (Wildman–Crippen MR) is 125 cm³/mol. The van der Waals surface area contributed by atoms with Gasteiger partial charge in [-0.15, -0.1) is 10.2 Å². The van der Waals surface area contributed by atoms with Gasteiger partial charge in [-0.05, 0) is 50.8 Å². The second kappa shape index (κ2) is 13.1. The largest absolute Gasteiger partial charge is 0.493 e. The van der Waals surface area contributed by atoms with Crippen LogP contribution in [0.2, 0.25) is 0 Å². The maximum atomic E-state index is 13.7. The van der Waals surface area contributed by atoms with E-state index in [0.717, 1.165) is 49.7 Å². The van der Waals surface area contributed by atoms with Crippen molar-refractivity contribution < 1.29 is 41.5 Å². The third-order valence-electron chi connectivity index (χ3n) is 4.77. The van der Waals surface area contributed by atoms with Crippen molar-refractivity contribution in [1.82, 2.24) is 10.2 Å². The SMILES string of the molecule is CCCOCCCCCCOc1ccc(-c2nnc([C@@](C)(N)COP(=O)(O)O)s2)cc1C(F)(F)F. The molecule has 0 saturated heterocycles. The maximum absolute atomic E-state index is 13.7. The number of halogens is 3. The zero-order valence-electron chi connectivity index (χ0n) is 19.6. The second-order valence-electron chi connectivity index (χ2n) is 8.18. The number of rotatable bonds is 15. The number of benzene rings is 1. The number of hydrogen-bond donors (Lipinski definition) is 3. The summed E-state index contributed by atoms with van der Waals surface area (Å²) in [6, 6.07) is 3.63. The molecule has 1 heterocycles. The van der Waals surface area contributed by atoms with Crippen molar-refractivity contribution in [2.75, 3.05) is 26.4 Å². The summed E-state index contributed by atoms with van der Waals surface area (Å²) in [4.78, 5) is 17.7. The van der Waals surface area contributed by atoms with Crippen LogP contribution in [-0.4, -0.2) is 46.4 Å². The molecular formula is C21H31F3N3O6PS. The smallest absolute Gasteiger partial charge is 0.469 e. The molecule has 0 fully saturated rings. The third-order valence-corrected chi connectivity index (χ3v) is 6.48. The Kier molecular flexibility index (Phi) is 11.1. The summed E-state index contributed by atoms with van der Waals surface area (Å²) < 4.78 is 67.3. The normalized spacial score (nSPS) is 14.2. The van der Waals surface area contributed by atoms with Gasteiger partial charge in [-0.2, -0.15) is 13.2 Å². The van der Waals surface area contributed by atoms with E-state index in [1.807, 2.05) is 6.92 Å².